The molecule has 4 nitrogen and oxygen atoms in total. The van der Waals surface area contributed by atoms with E-state index in [1.165, 1.54) is 6.26 Å². The van der Waals surface area contributed by atoms with Crippen LogP contribution in [0.25, 0.3) is 0 Å². The SMILES string of the molecule is Cc1occc1C(=O)NNC1=CCC(C(C)(C)C)CC1. The number of amides is 1. The molecule has 0 saturated carbocycles. The molecule has 1 aromatic heterocycles. The summed E-state index contributed by atoms with van der Waals surface area (Å²) in [4.78, 5) is 11.9. The molecule has 2 rings (SSSR count). The Balaban J connectivity index is 1.86. The standard InChI is InChI=1S/C16H24N2O2/c1-11-14(9-10-20-11)15(19)18-17-13-7-5-12(6-8-13)16(2,3)4/h7,9-10,12,17H,5-6,8H2,1-4H3,(H,18,19). The van der Waals surface area contributed by atoms with Gasteiger partial charge in [0.25, 0.3) is 5.91 Å². The Bertz CT molecular complexity index is 509. The first-order valence-electron chi connectivity index (χ1n) is 7.17. The quantitative estimate of drug-likeness (QED) is 0.830. The predicted molar refractivity (Wildman–Crippen MR) is 78.9 cm³/mol. The van der Waals surface area contributed by atoms with Crippen LogP contribution in [0.4, 0.5) is 0 Å². The largest absolute Gasteiger partial charge is 0.469 e. The summed E-state index contributed by atoms with van der Waals surface area (Å²) < 4.78 is 5.13. The second-order valence-electron chi connectivity index (χ2n) is 6.54. The average molecular weight is 276 g/mol. The Morgan fingerprint density at radius 3 is 2.65 bits per heavy atom. The average Bonchev–Trinajstić information content (AvgIpc) is 2.82. The van der Waals surface area contributed by atoms with Gasteiger partial charge in [0.15, 0.2) is 0 Å². The van der Waals surface area contributed by atoms with E-state index in [0.717, 1.165) is 25.0 Å². The molecule has 1 unspecified atom stereocenters. The van der Waals surface area contributed by atoms with E-state index in [1.54, 1.807) is 13.0 Å². The molecule has 0 aliphatic heterocycles. The molecular formula is C16H24N2O2. The summed E-state index contributed by atoms with van der Waals surface area (Å²) in [6, 6.07) is 1.68. The van der Waals surface area contributed by atoms with Gasteiger partial charge in [0, 0.05) is 5.70 Å². The first-order chi connectivity index (χ1) is 9.38. The summed E-state index contributed by atoms with van der Waals surface area (Å²) in [5, 5.41) is 0. The highest BCUT2D eigenvalue weighted by atomic mass is 16.3. The van der Waals surface area contributed by atoms with Crippen LogP contribution in [0.3, 0.4) is 0 Å². The molecule has 110 valence electrons. The number of nitrogens with one attached hydrogen (secondary N) is 2. The number of hydrazine groups is 1. The van der Waals surface area contributed by atoms with Gasteiger partial charge in [0.2, 0.25) is 0 Å². The summed E-state index contributed by atoms with van der Waals surface area (Å²) in [6.45, 7) is 8.64. The van der Waals surface area contributed by atoms with Crippen LogP contribution in [0.15, 0.2) is 28.5 Å². The molecule has 1 heterocycles. The Morgan fingerprint density at radius 2 is 2.15 bits per heavy atom. The van der Waals surface area contributed by atoms with Gasteiger partial charge in [-0.3, -0.25) is 10.2 Å². The van der Waals surface area contributed by atoms with Crippen molar-refractivity contribution in [3.8, 4) is 0 Å². The molecule has 1 atom stereocenters. The second kappa shape index (κ2) is 5.73. The van der Waals surface area contributed by atoms with Gasteiger partial charge in [-0.05, 0) is 43.6 Å². The summed E-state index contributed by atoms with van der Waals surface area (Å²) in [5.41, 5.74) is 7.78. The molecule has 4 heteroatoms. The fraction of sp³-hybridized carbons (Fsp3) is 0.562. The third kappa shape index (κ3) is 3.44. The molecule has 0 saturated heterocycles. The zero-order chi connectivity index (χ0) is 14.8. The number of hydrogen-bond acceptors (Lipinski definition) is 3. The summed E-state index contributed by atoms with van der Waals surface area (Å²) in [6.07, 6.45) is 6.92. The number of furan rings is 1. The fourth-order valence-electron chi connectivity index (χ4n) is 2.56. The van der Waals surface area contributed by atoms with E-state index in [4.69, 9.17) is 4.42 Å². The molecule has 1 aromatic rings. The predicted octanol–water partition coefficient (Wildman–Crippen LogP) is 3.55. The third-order valence-electron chi connectivity index (χ3n) is 4.08. The highest BCUT2D eigenvalue weighted by Crippen LogP contribution is 2.36. The number of aryl methyl sites for hydroxylation is 1. The van der Waals surface area contributed by atoms with Crippen molar-refractivity contribution in [1.29, 1.82) is 0 Å². The zero-order valence-corrected chi connectivity index (χ0v) is 12.7. The third-order valence-corrected chi connectivity index (χ3v) is 4.08. The van der Waals surface area contributed by atoms with Crippen LogP contribution in [0.1, 0.15) is 56.2 Å². The smallest absolute Gasteiger partial charge is 0.273 e. The van der Waals surface area contributed by atoms with E-state index in [1.807, 2.05) is 0 Å². The van der Waals surface area contributed by atoms with E-state index in [-0.39, 0.29) is 5.91 Å². The van der Waals surface area contributed by atoms with Crippen LogP contribution < -0.4 is 10.9 Å². The highest BCUT2D eigenvalue weighted by molar-refractivity contribution is 5.94. The fourth-order valence-corrected chi connectivity index (χ4v) is 2.56. The Labute approximate surface area is 120 Å². The Morgan fingerprint density at radius 1 is 1.40 bits per heavy atom. The summed E-state index contributed by atoms with van der Waals surface area (Å²) in [7, 11) is 0. The maximum absolute atomic E-state index is 11.9. The maximum atomic E-state index is 11.9. The molecule has 1 aliphatic rings. The number of allylic oxidation sites excluding steroid dienone is 2. The van der Waals surface area contributed by atoms with Gasteiger partial charge in [0.1, 0.15) is 5.76 Å². The van der Waals surface area contributed by atoms with Crippen molar-refractivity contribution in [3.63, 3.8) is 0 Å². The van der Waals surface area contributed by atoms with Gasteiger partial charge in [-0.15, -0.1) is 0 Å². The van der Waals surface area contributed by atoms with Gasteiger partial charge in [-0.1, -0.05) is 26.8 Å². The first-order valence-corrected chi connectivity index (χ1v) is 7.17. The molecule has 0 fully saturated rings. The minimum absolute atomic E-state index is 0.157. The van der Waals surface area contributed by atoms with Crippen LogP contribution in [0, 0.1) is 18.3 Å². The minimum Gasteiger partial charge on any atom is -0.469 e. The molecule has 1 aliphatic carbocycles. The number of carbonyl (C=O) groups is 1. The van der Waals surface area contributed by atoms with Gasteiger partial charge in [-0.2, -0.15) is 0 Å². The lowest BCUT2D eigenvalue weighted by atomic mass is 9.74. The molecule has 2 N–H and O–H groups in total. The maximum Gasteiger partial charge on any atom is 0.273 e. The number of rotatable bonds is 3. The Hall–Kier alpha value is -1.71. The number of hydrogen-bond donors (Lipinski definition) is 2. The van der Waals surface area contributed by atoms with Crippen molar-refractivity contribution in [1.82, 2.24) is 10.9 Å². The zero-order valence-electron chi connectivity index (χ0n) is 12.7. The molecule has 0 radical (unpaired) electrons. The van der Waals surface area contributed by atoms with E-state index in [0.29, 0.717) is 22.7 Å². The van der Waals surface area contributed by atoms with Crippen molar-refractivity contribution < 1.29 is 9.21 Å². The topological polar surface area (TPSA) is 54.3 Å². The second-order valence-corrected chi connectivity index (χ2v) is 6.54. The molecule has 1 amide bonds. The first kappa shape index (κ1) is 14.7. The molecular weight excluding hydrogens is 252 g/mol. The van der Waals surface area contributed by atoms with Crippen LogP contribution in [-0.2, 0) is 0 Å². The minimum atomic E-state index is -0.157. The highest BCUT2D eigenvalue weighted by Gasteiger charge is 2.26. The van der Waals surface area contributed by atoms with Crippen LogP contribution in [-0.4, -0.2) is 5.91 Å². The van der Waals surface area contributed by atoms with E-state index < -0.39 is 0 Å². The molecule has 0 aromatic carbocycles. The van der Waals surface area contributed by atoms with E-state index >= 15 is 0 Å². The van der Waals surface area contributed by atoms with Gasteiger partial charge < -0.3 is 9.84 Å². The molecule has 0 spiro atoms. The Kier molecular flexibility index (Phi) is 4.21. The van der Waals surface area contributed by atoms with Crippen LogP contribution in [0.5, 0.6) is 0 Å². The van der Waals surface area contributed by atoms with Crippen molar-refractivity contribution in [3.05, 3.63) is 35.4 Å². The van der Waals surface area contributed by atoms with Crippen molar-refractivity contribution in [2.75, 3.05) is 0 Å². The number of carbonyl (C=O) groups excluding carboxylic acids is 1. The van der Waals surface area contributed by atoms with Gasteiger partial charge >= 0.3 is 0 Å². The lowest BCUT2D eigenvalue weighted by molar-refractivity contribution is 0.0935. The summed E-state index contributed by atoms with van der Waals surface area (Å²) >= 11 is 0. The molecule has 0 bridgehead atoms. The van der Waals surface area contributed by atoms with Gasteiger partial charge in [0.05, 0.1) is 11.8 Å². The molecule has 20 heavy (non-hydrogen) atoms. The van der Waals surface area contributed by atoms with E-state index in [2.05, 4.69) is 37.7 Å². The van der Waals surface area contributed by atoms with E-state index in [9.17, 15) is 4.79 Å². The van der Waals surface area contributed by atoms with Crippen LogP contribution in [0.2, 0.25) is 0 Å². The van der Waals surface area contributed by atoms with Crippen molar-refractivity contribution in [2.45, 2.75) is 47.0 Å². The summed E-state index contributed by atoms with van der Waals surface area (Å²) in [5.74, 6) is 1.18. The van der Waals surface area contributed by atoms with Crippen molar-refractivity contribution >= 4 is 5.91 Å². The monoisotopic (exact) mass is 276 g/mol. The van der Waals surface area contributed by atoms with Crippen molar-refractivity contribution in [2.24, 2.45) is 11.3 Å². The normalized spacial score (nSPS) is 19.4. The van der Waals surface area contributed by atoms with Gasteiger partial charge in [-0.25, -0.2) is 0 Å². The van der Waals surface area contributed by atoms with Crippen LogP contribution >= 0.6 is 0 Å². The lowest BCUT2D eigenvalue weighted by Crippen LogP contribution is -2.38. The lowest BCUT2D eigenvalue weighted by Gasteiger charge is -2.33.